The fraction of sp³-hybridized carbons (Fsp3) is 0.714. The average molecular weight is 433 g/mol. The number of hydrogen-bond donors (Lipinski definition) is 1. The molecule has 0 heterocycles. The quantitative estimate of drug-likeness (QED) is 0.668. The molecular formula is C21H24Cl2F2O3. The van der Waals surface area contributed by atoms with E-state index in [1.165, 1.54) is 12.2 Å². The van der Waals surface area contributed by atoms with Gasteiger partial charge in [-0.15, -0.1) is 23.2 Å². The van der Waals surface area contributed by atoms with Crippen LogP contribution in [0.5, 0.6) is 0 Å². The Morgan fingerprint density at radius 1 is 1.36 bits per heavy atom. The summed E-state index contributed by atoms with van der Waals surface area (Å²) in [6.07, 6.45) is 3.85. The Morgan fingerprint density at radius 2 is 2.04 bits per heavy atom. The van der Waals surface area contributed by atoms with Gasteiger partial charge >= 0.3 is 0 Å². The first-order valence-electron chi connectivity index (χ1n) is 9.69. The molecule has 28 heavy (non-hydrogen) atoms. The molecule has 7 heteroatoms. The Labute approximate surface area is 173 Å². The molecule has 8 atom stereocenters. The van der Waals surface area contributed by atoms with Gasteiger partial charge in [-0.25, -0.2) is 8.78 Å². The van der Waals surface area contributed by atoms with Gasteiger partial charge in [0.2, 0.25) is 0 Å². The molecule has 0 saturated heterocycles. The van der Waals surface area contributed by atoms with E-state index in [2.05, 4.69) is 0 Å². The molecule has 2 unspecified atom stereocenters. The van der Waals surface area contributed by atoms with Crippen LogP contribution >= 0.6 is 23.2 Å². The minimum absolute atomic E-state index is 0.0649. The monoisotopic (exact) mass is 432 g/mol. The van der Waals surface area contributed by atoms with E-state index >= 15 is 4.39 Å². The second kappa shape index (κ2) is 6.12. The SMILES string of the molecule is C[C@]12C=CC(=O)C=C1C(F)C[C@H]1[C@@H]3CC[C@](O)(C(=O)CF)[C@@]3(C)CC(Cl)[C@@]12Cl. The van der Waals surface area contributed by atoms with Gasteiger partial charge in [0.25, 0.3) is 0 Å². The third-order valence-corrected chi connectivity index (χ3v) is 9.87. The number of hydrogen-bond acceptors (Lipinski definition) is 3. The molecule has 0 radical (unpaired) electrons. The van der Waals surface area contributed by atoms with Crippen molar-refractivity contribution in [2.45, 2.75) is 61.6 Å². The fourth-order valence-corrected chi connectivity index (χ4v) is 7.91. The first-order valence-corrected chi connectivity index (χ1v) is 10.5. The molecule has 4 aliphatic carbocycles. The summed E-state index contributed by atoms with van der Waals surface area (Å²) in [7, 11) is 0. The van der Waals surface area contributed by atoms with Crippen molar-refractivity contribution in [1.29, 1.82) is 0 Å². The topological polar surface area (TPSA) is 54.4 Å². The van der Waals surface area contributed by atoms with E-state index in [4.69, 9.17) is 23.2 Å². The summed E-state index contributed by atoms with van der Waals surface area (Å²) in [5, 5.41) is 10.5. The van der Waals surface area contributed by atoms with Gasteiger partial charge in [-0.05, 0) is 55.2 Å². The predicted molar refractivity (Wildman–Crippen MR) is 103 cm³/mol. The molecule has 0 amide bonds. The average Bonchev–Trinajstić information content (AvgIpc) is 2.91. The molecule has 0 aromatic carbocycles. The standard InChI is InChI=1S/C21H24Cl2F2O3/c1-18-5-3-11(26)7-14(18)15(25)8-13-12-4-6-20(28,17(27)10-24)19(12,2)9-16(22)21(13,18)23/h3,5,7,12-13,15-16,28H,4,6,8-10H2,1-2H3/t12-,13-,15?,16?,18-,19-,20-,21-/m0/s1. The first-order chi connectivity index (χ1) is 13.0. The van der Waals surface area contributed by atoms with Crippen LogP contribution in [0.25, 0.3) is 0 Å². The van der Waals surface area contributed by atoms with Crippen LogP contribution in [0.2, 0.25) is 0 Å². The number of aliphatic hydroxyl groups is 1. The zero-order valence-electron chi connectivity index (χ0n) is 15.9. The molecule has 4 rings (SSSR count). The lowest BCUT2D eigenvalue weighted by Crippen LogP contribution is -2.68. The van der Waals surface area contributed by atoms with Crippen molar-refractivity contribution < 1.29 is 23.5 Å². The van der Waals surface area contributed by atoms with Gasteiger partial charge < -0.3 is 5.11 Å². The van der Waals surface area contributed by atoms with Crippen molar-refractivity contribution in [2.24, 2.45) is 22.7 Å². The zero-order valence-corrected chi connectivity index (χ0v) is 17.4. The van der Waals surface area contributed by atoms with Crippen LogP contribution in [0.1, 0.15) is 39.5 Å². The van der Waals surface area contributed by atoms with Crippen LogP contribution in [0.4, 0.5) is 8.78 Å². The Bertz CT molecular complexity index is 813. The number of ketones is 2. The van der Waals surface area contributed by atoms with Gasteiger partial charge in [-0.1, -0.05) is 19.9 Å². The van der Waals surface area contributed by atoms with Gasteiger partial charge in [0.05, 0.1) is 10.3 Å². The maximum absolute atomic E-state index is 15.3. The highest BCUT2D eigenvalue weighted by atomic mass is 35.5. The number of halogens is 4. The van der Waals surface area contributed by atoms with Gasteiger partial charge in [0.1, 0.15) is 11.8 Å². The number of rotatable bonds is 2. The Hall–Kier alpha value is -0.780. The second-order valence-electron chi connectivity index (χ2n) is 9.27. The summed E-state index contributed by atoms with van der Waals surface area (Å²) in [6.45, 7) is 2.31. The van der Waals surface area contributed by atoms with Crippen molar-refractivity contribution in [1.82, 2.24) is 0 Å². The molecule has 0 aromatic heterocycles. The van der Waals surface area contributed by atoms with E-state index < -0.39 is 51.2 Å². The van der Waals surface area contributed by atoms with Crippen molar-refractivity contribution in [2.75, 3.05) is 6.67 Å². The van der Waals surface area contributed by atoms with Crippen LogP contribution in [0.3, 0.4) is 0 Å². The molecule has 0 aliphatic heterocycles. The van der Waals surface area contributed by atoms with Crippen LogP contribution < -0.4 is 0 Å². The summed E-state index contributed by atoms with van der Waals surface area (Å²) in [4.78, 5) is 23.1. The number of carbonyl (C=O) groups excluding carboxylic acids is 2. The first kappa shape index (κ1) is 20.5. The highest BCUT2D eigenvalue weighted by Gasteiger charge is 2.73. The second-order valence-corrected chi connectivity index (χ2v) is 10.4. The van der Waals surface area contributed by atoms with Crippen LogP contribution in [0, 0.1) is 22.7 Å². The Balaban J connectivity index is 1.84. The molecule has 0 spiro atoms. The lowest BCUT2D eigenvalue weighted by molar-refractivity contribution is -0.160. The summed E-state index contributed by atoms with van der Waals surface area (Å²) >= 11 is 14.1. The predicted octanol–water partition coefficient (Wildman–Crippen LogP) is 4.09. The largest absolute Gasteiger partial charge is 0.381 e. The molecular weight excluding hydrogens is 409 g/mol. The molecule has 0 aromatic rings. The smallest absolute Gasteiger partial charge is 0.195 e. The minimum Gasteiger partial charge on any atom is -0.381 e. The lowest BCUT2D eigenvalue weighted by Gasteiger charge is -2.64. The minimum atomic E-state index is -1.82. The molecule has 4 aliphatic rings. The van der Waals surface area contributed by atoms with E-state index in [0.29, 0.717) is 12.0 Å². The number of fused-ring (bicyclic) bond motifs is 5. The van der Waals surface area contributed by atoms with E-state index in [1.54, 1.807) is 19.9 Å². The van der Waals surface area contributed by atoms with Crippen molar-refractivity contribution in [3.8, 4) is 0 Å². The third-order valence-electron chi connectivity index (χ3n) is 8.32. The van der Waals surface area contributed by atoms with E-state index in [0.717, 1.165) is 0 Å². The number of carbonyl (C=O) groups is 2. The Kier molecular flexibility index (Phi) is 4.48. The van der Waals surface area contributed by atoms with Gasteiger partial charge in [0, 0.05) is 10.8 Å². The van der Waals surface area contributed by atoms with Gasteiger partial charge in [0.15, 0.2) is 18.2 Å². The van der Waals surface area contributed by atoms with E-state index in [1.807, 2.05) is 0 Å². The van der Waals surface area contributed by atoms with Gasteiger partial charge in [-0.2, -0.15) is 0 Å². The molecule has 1 N–H and O–H groups in total. The van der Waals surface area contributed by atoms with Crippen LogP contribution in [-0.2, 0) is 9.59 Å². The van der Waals surface area contributed by atoms with Gasteiger partial charge in [-0.3, -0.25) is 9.59 Å². The van der Waals surface area contributed by atoms with Crippen LogP contribution in [-0.4, -0.2) is 45.4 Å². The molecule has 0 bridgehead atoms. The summed E-state index contributed by atoms with van der Waals surface area (Å²) < 4.78 is 28.5. The fourth-order valence-electron chi connectivity index (χ4n) is 6.71. The molecule has 154 valence electrons. The number of alkyl halides is 4. The maximum Gasteiger partial charge on any atom is 0.195 e. The zero-order chi connectivity index (χ0) is 20.7. The summed E-state index contributed by atoms with van der Waals surface area (Å²) in [6, 6.07) is 0. The van der Waals surface area contributed by atoms with Crippen molar-refractivity contribution >= 4 is 34.8 Å². The highest BCUT2D eigenvalue weighted by Crippen LogP contribution is 2.71. The molecule has 3 nitrogen and oxygen atoms in total. The lowest BCUT2D eigenvalue weighted by atomic mass is 9.46. The number of allylic oxidation sites excluding steroid dienone is 4. The van der Waals surface area contributed by atoms with Crippen LogP contribution in [0.15, 0.2) is 23.8 Å². The van der Waals surface area contributed by atoms with Crippen molar-refractivity contribution in [3.63, 3.8) is 0 Å². The molecule has 3 fully saturated rings. The summed E-state index contributed by atoms with van der Waals surface area (Å²) in [5.41, 5.74) is -3.41. The van der Waals surface area contributed by atoms with E-state index in [-0.39, 0.29) is 31.0 Å². The van der Waals surface area contributed by atoms with Crippen molar-refractivity contribution in [3.05, 3.63) is 23.8 Å². The van der Waals surface area contributed by atoms with E-state index in [9.17, 15) is 19.1 Å². The summed E-state index contributed by atoms with van der Waals surface area (Å²) in [5.74, 6) is -1.81. The Morgan fingerprint density at radius 3 is 2.68 bits per heavy atom. The number of Topliss-reactive ketones (excluding diaryl/α,β-unsaturated/α-hetero) is 1. The maximum atomic E-state index is 15.3. The third kappa shape index (κ3) is 2.19. The normalized spacial score (nSPS) is 52.5. The highest BCUT2D eigenvalue weighted by molar-refractivity contribution is 6.34. The molecule has 3 saturated carbocycles.